The molecule has 0 saturated carbocycles. The third kappa shape index (κ3) is 3.07. The fraction of sp³-hybridized carbons (Fsp3) is 0.250. The SMILES string of the molecule is Cc1cnn(CCNc2cccc(C(=O)O)n2)c1. The minimum atomic E-state index is -1.03. The fourth-order valence-electron chi connectivity index (χ4n) is 1.54. The highest BCUT2D eigenvalue weighted by molar-refractivity contribution is 5.85. The molecule has 2 heterocycles. The molecule has 0 fully saturated rings. The molecule has 2 aromatic heterocycles. The average molecular weight is 246 g/mol. The first-order chi connectivity index (χ1) is 8.65. The Balaban J connectivity index is 1.90. The van der Waals surface area contributed by atoms with E-state index in [0.717, 1.165) is 5.56 Å². The molecule has 2 aromatic rings. The minimum Gasteiger partial charge on any atom is -0.477 e. The standard InChI is InChI=1S/C12H14N4O2/c1-9-7-14-16(8-9)6-5-13-11-4-2-3-10(15-11)12(17)18/h2-4,7-8H,5-6H2,1H3,(H,13,15)(H,17,18). The highest BCUT2D eigenvalue weighted by atomic mass is 16.4. The minimum absolute atomic E-state index is 0.0370. The molecule has 0 radical (unpaired) electrons. The predicted octanol–water partition coefficient (Wildman–Crippen LogP) is 1.40. The second-order valence-corrected chi connectivity index (χ2v) is 3.92. The third-order valence-electron chi connectivity index (χ3n) is 2.38. The molecule has 2 N–H and O–H groups in total. The fourth-order valence-corrected chi connectivity index (χ4v) is 1.54. The van der Waals surface area contributed by atoms with E-state index in [1.54, 1.807) is 18.3 Å². The summed E-state index contributed by atoms with van der Waals surface area (Å²) in [6.45, 7) is 3.32. The summed E-state index contributed by atoms with van der Waals surface area (Å²) in [5, 5.41) is 16.0. The Kier molecular flexibility index (Phi) is 3.57. The summed E-state index contributed by atoms with van der Waals surface area (Å²) in [5.74, 6) is -0.472. The van der Waals surface area contributed by atoms with Gasteiger partial charge in [0.1, 0.15) is 5.82 Å². The Morgan fingerprint density at radius 2 is 2.33 bits per heavy atom. The molecule has 2 rings (SSSR count). The molecule has 0 aliphatic carbocycles. The van der Waals surface area contributed by atoms with E-state index >= 15 is 0 Å². The summed E-state index contributed by atoms with van der Waals surface area (Å²) < 4.78 is 1.82. The van der Waals surface area contributed by atoms with Gasteiger partial charge >= 0.3 is 5.97 Å². The van der Waals surface area contributed by atoms with Crippen molar-refractivity contribution in [3.8, 4) is 0 Å². The third-order valence-corrected chi connectivity index (χ3v) is 2.38. The van der Waals surface area contributed by atoms with Gasteiger partial charge in [-0.1, -0.05) is 6.07 Å². The molecule has 0 aromatic carbocycles. The summed E-state index contributed by atoms with van der Waals surface area (Å²) >= 11 is 0. The van der Waals surface area contributed by atoms with E-state index in [0.29, 0.717) is 18.9 Å². The van der Waals surface area contributed by atoms with Crippen LogP contribution in [0.4, 0.5) is 5.82 Å². The smallest absolute Gasteiger partial charge is 0.354 e. The maximum Gasteiger partial charge on any atom is 0.354 e. The number of carboxylic acids is 1. The second kappa shape index (κ2) is 5.31. The van der Waals surface area contributed by atoms with Gasteiger partial charge in [0.2, 0.25) is 0 Å². The molecular formula is C12H14N4O2. The van der Waals surface area contributed by atoms with Crippen molar-refractivity contribution in [2.75, 3.05) is 11.9 Å². The van der Waals surface area contributed by atoms with Crippen LogP contribution in [0.15, 0.2) is 30.6 Å². The molecule has 0 spiro atoms. The number of carboxylic acid groups (broad SMARTS) is 1. The number of rotatable bonds is 5. The van der Waals surface area contributed by atoms with Crippen LogP contribution < -0.4 is 5.32 Å². The summed E-state index contributed by atoms with van der Waals surface area (Å²) in [5.41, 5.74) is 1.15. The molecule has 0 aliphatic heterocycles. The summed E-state index contributed by atoms with van der Waals surface area (Å²) in [6.07, 6.45) is 3.74. The van der Waals surface area contributed by atoms with Gasteiger partial charge in [-0.05, 0) is 24.6 Å². The summed E-state index contributed by atoms with van der Waals surface area (Å²) in [7, 11) is 0. The topological polar surface area (TPSA) is 80.0 Å². The number of carbonyl (C=O) groups is 1. The Hall–Kier alpha value is -2.37. The first kappa shape index (κ1) is 12.1. The van der Waals surface area contributed by atoms with Crippen LogP contribution in [0, 0.1) is 6.92 Å². The predicted molar refractivity (Wildman–Crippen MR) is 66.7 cm³/mol. The van der Waals surface area contributed by atoms with Gasteiger partial charge in [0, 0.05) is 12.7 Å². The van der Waals surface area contributed by atoms with Crippen LogP contribution in [0.1, 0.15) is 16.1 Å². The number of hydrogen-bond acceptors (Lipinski definition) is 4. The van der Waals surface area contributed by atoms with Gasteiger partial charge in [-0.2, -0.15) is 5.10 Å². The van der Waals surface area contributed by atoms with Crippen molar-refractivity contribution in [1.82, 2.24) is 14.8 Å². The van der Waals surface area contributed by atoms with Crippen LogP contribution in [-0.2, 0) is 6.54 Å². The van der Waals surface area contributed by atoms with Crippen molar-refractivity contribution >= 4 is 11.8 Å². The monoisotopic (exact) mass is 246 g/mol. The van der Waals surface area contributed by atoms with Gasteiger partial charge in [0.15, 0.2) is 5.69 Å². The second-order valence-electron chi connectivity index (χ2n) is 3.92. The van der Waals surface area contributed by atoms with E-state index in [1.807, 2.05) is 17.8 Å². The van der Waals surface area contributed by atoms with E-state index in [1.165, 1.54) is 6.07 Å². The molecular weight excluding hydrogens is 232 g/mol. The lowest BCUT2D eigenvalue weighted by molar-refractivity contribution is 0.0690. The van der Waals surface area contributed by atoms with E-state index in [-0.39, 0.29) is 5.69 Å². The van der Waals surface area contributed by atoms with E-state index in [4.69, 9.17) is 5.11 Å². The maximum absolute atomic E-state index is 10.7. The Morgan fingerprint density at radius 1 is 1.50 bits per heavy atom. The van der Waals surface area contributed by atoms with Crippen LogP contribution in [0.2, 0.25) is 0 Å². The molecule has 0 atom stereocenters. The first-order valence-electron chi connectivity index (χ1n) is 5.58. The molecule has 6 heteroatoms. The van der Waals surface area contributed by atoms with Crippen molar-refractivity contribution in [3.05, 3.63) is 41.9 Å². The highest BCUT2D eigenvalue weighted by Crippen LogP contribution is 2.04. The molecule has 18 heavy (non-hydrogen) atoms. The zero-order chi connectivity index (χ0) is 13.0. The van der Waals surface area contributed by atoms with Gasteiger partial charge in [0.25, 0.3) is 0 Å². The van der Waals surface area contributed by atoms with E-state index in [9.17, 15) is 4.79 Å². The normalized spacial score (nSPS) is 10.3. The largest absolute Gasteiger partial charge is 0.477 e. The molecule has 0 amide bonds. The van der Waals surface area contributed by atoms with Crippen molar-refractivity contribution in [3.63, 3.8) is 0 Å². The van der Waals surface area contributed by atoms with Gasteiger partial charge in [-0.25, -0.2) is 9.78 Å². The number of hydrogen-bond donors (Lipinski definition) is 2. The van der Waals surface area contributed by atoms with Crippen LogP contribution in [-0.4, -0.2) is 32.4 Å². The average Bonchev–Trinajstić information content (AvgIpc) is 2.75. The van der Waals surface area contributed by atoms with Crippen molar-refractivity contribution < 1.29 is 9.90 Å². The Morgan fingerprint density at radius 3 is 3.00 bits per heavy atom. The zero-order valence-electron chi connectivity index (χ0n) is 10.00. The highest BCUT2D eigenvalue weighted by Gasteiger charge is 2.04. The number of pyridine rings is 1. The van der Waals surface area contributed by atoms with Gasteiger partial charge < -0.3 is 10.4 Å². The van der Waals surface area contributed by atoms with Gasteiger partial charge in [-0.15, -0.1) is 0 Å². The lowest BCUT2D eigenvalue weighted by Gasteiger charge is -2.06. The zero-order valence-corrected chi connectivity index (χ0v) is 10.00. The summed E-state index contributed by atoms with van der Waals surface area (Å²) in [6, 6.07) is 4.86. The maximum atomic E-state index is 10.7. The first-order valence-corrected chi connectivity index (χ1v) is 5.58. The van der Waals surface area contributed by atoms with Crippen molar-refractivity contribution in [2.45, 2.75) is 13.5 Å². The molecule has 0 bridgehead atoms. The molecule has 94 valence electrons. The molecule has 0 saturated heterocycles. The van der Waals surface area contributed by atoms with E-state index in [2.05, 4.69) is 15.4 Å². The quantitative estimate of drug-likeness (QED) is 0.833. The molecule has 0 unspecified atom stereocenters. The van der Waals surface area contributed by atoms with Crippen LogP contribution >= 0.6 is 0 Å². The van der Waals surface area contributed by atoms with Crippen LogP contribution in [0.3, 0.4) is 0 Å². The number of nitrogens with zero attached hydrogens (tertiary/aromatic N) is 3. The number of aryl methyl sites for hydroxylation is 1. The van der Waals surface area contributed by atoms with E-state index < -0.39 is 5.97 Å². The van der Waals surface area contributed by atoms with Crippen molar-refractivity contribution in [2.24, 2.45) is 0 Å². The number of nitrogens with one attached hydrogen (secondary N) is 1. The molecule has 0 aliphatic rings. The lowest BCUT2D eigenvalue weighted by atomic mass is 10.3. The van der Waals surface area contributed by atoms with Crippen LogP contribution in [0.5, 0.6) is 0 Å². The number of anilines is 1. The number of aromatic carboxylic acids is 1. The van der Waals surface area contributed by atoms with Crippen molar-refractivity contribution in [1.29, 1.82) is 0 Å². The Bertz CT molecular complexity index is 551. The Labute approximate surface area is 104 Å². The molecule has 6 nitrogen and oxygen atoms in total. The van der Waals surface area contributed by atoms with Gasteiger partial charge in [-0.3, -0.25) is 4.68 Å². The lowest BCUT2D eigenvalue weighted by Crippen LogP contribution is -2.12. The number of aromatic nitrogens is 3. The van der Waals surface area contributed by atoms with Crippen LogP contribution in [0.25, 0.3) is 0 Å². The van der Waals surface area contributed by atoms with Gasteiger partial charge in [0.05, 0.1) is 12.7 Å². The summed E-state index contributed by atoms with van der Waals surface area (Å²) in [4.78, 5) is 14.7.